The molecule has 0 amide bonds. The Balaban J connectivity index is 2.34. The van der Waals surface area contributed by atoms with Gasteiger partial charge in [-0.25, -0.2) is 0 Å². The molecule has 1 rings (SSSR count). The van der Waals surface area contributed by atoms with E-state index in [2.05, 4.69) is 25.7 Å². The lowest BCUT2D eigenvalue weighted by atomic mass is 9.84. The molecule has 1 N–H and O–H groups in total. The van der Waals surface area contributed by atoms with E-state index < -0.39 is 0 Å². The van der Waals surface area contributed by atoms with Crippen molar-refractivity contribution < 1.29 is 5.11 Å². The van der Waals surface area contributed by atoms with E-state index in [4.69, 9.17) is 5.11 Å². The summed E-state index contributed by atoms with van der Waals surface area (Å²) in [5.74, 6) is 0.425. The first-order valence-corrected chi connectivity index (χ1v) is 5.37. The summed E-state index contributed by atoms with van der Waals surface area (Å²) in [5, 5.41) is 8.97. The van der Waals surface area contributed by atoms with E-state index in [1.165, 1.54) is 25.9 Å². The van der Waals surface area contributed by atoms with Crippen LogP contribution in [0, 0.1) is 11.3 Å². The van der Waals surface area contributed by atoms with Gasteiger partial charge in [0.15, 0.2) is 0 Å². The van der Waals surface area contributed by atoms with Crippen LogP contribution in [0.2, 0.25) is 0 Å². The number of nitrogens with zero attached hydrogens (tertiary/aromatic N) is 1. The van der Waals surface area contributed by atoms with Crippen molar-refractivity contribution in [2.24, 2.45) is 11.3 Å². The zero-order valence-electron chi connectivity index (χ0n) is 9.21. The number of hydrogen-bond donors (Lipinski definition) is 1. The van der Waals surface area contributed by atoms with Crippen molar-refractivity contribution in [3.8, 4) is 0 Å². The van der Waals surface area contributed by atoms with Gasteiger partial charge in [0.2, 0.25) is 0 Å². The van der Waals surface area contributed by atoms with Crippen molar-refractivity contribution in [2.45, 2.75) is 33.6 Å². The minimum atomic E-state index is 0.316. The zero-order valence-corrected chi connectivity index (χ0v) is 9.21. The first kappa shape index (κ1) is 11.0. The molecule has 0 aliphatic carbocycles. The van der Waals surface area contributed by atoms with Crippen LogP contribution in [0.4, 0.5) is 0 Å². The molecule has 1 atom stereocenters. The van der Waals surface area contributed by atoms with Crippen LogP contribution >= 0.6 is 0 Å². The number of likely N-dealkylation sites (tertiary alicyclic amines) is 1. The summed E-state index contributed by atoms with van der Waals surface area (Å²) < 4.78 is 0. The third-order valence-corrected chi connectivity index (χ3v) is 2.86. The monoisotopic (exact) mass is 185 g/mol. The fourth-order valence-corrected chi connectivity index (χ4v) is 2.20. The predicted molar refractivity (Wildman–Crippen MR) is 55.7 cm³/mol. The molecule has 1 fully saturated rings. The summed E-state index contributed by atoms with van der Waals surface area (Å²) in [4.78, 5) is 2.49. The van der Waals surface area contributed by atoms with Gasteiger partial charge in [0.05, 0.1) is 0 Å². The topological polar surface area (TPSA) is 23.5 Å². The van der Waals surface area contributed by atoms with E-state index in [0.29, 0.717) is 17.9 Å². The van der Waals surface area contributed by atoms with Crippen LogP contribution in [-0.4, -0.2) is 36.2 Å². The maximum Gasteiger partial charge on any atom is 0.0468 e. The quantitative estimate of drug-likeness (QED) is 0.724. The molecular formula is C11H23NO. The average Bonchev–Trinajstić information content (AvgIpc) is 2.02. The Morgan fingerprint density at radius 1 is 1.46 bits per heavy atom. The lowest BCUT2D eigenvalue weighted by Crippen LogP contribution is -2.42. The fourth-order valence-electron chi connectivity index (χ4n) is 2.20. The normalized spacial score (nSPS) is 25.8. The van der Waals surface area contributed by atoms with Gasteiger partial charge in [0.25, 0.3) is 0 Å². The minimum Gasteiger partial charge on any atom is -0.396 e. The molecule has 0 aromatic carbocycles. The van der Waals surface area contributed by atoms with E-state index in [1.807, 2.05) is 0 Å². The lowest BCUT2D eigenvalue weighted by molar-refractivity contribution is 0.0903. The molecule has 0 bridgehead atoms. The third-order valence-electron chi connectivity index (χ3n) is 2.86. The van der Waals surface area contributed by atoms with Crippen molar-refractivity contribution in [1.82, 2.24) is 4.90 Å². The lowest BCUT2D eigenvalue weighted by Gasteiger charge is -2.39. The van der Waals surface area contributed by atoms with Crippen molar-refractivity contribution in [2.75, 3.05) is 26.2 Å². The predicted octanol–water partition coefficient (Wildman–Crippen LogP) is 1.74. The van der Waals surface area contributed by atoms with Crippen LogP contribution in [-0.2, 0) is 0 Å². The first-order chi connectivity index (χ1) is 6.03. The van der Waals surface area contributed by atoms with Crippen LogP contribution in [0.5, 0.6) is 0 Å². The highest BCUT2D eigenvalue weighted by Crippen LogP contribution is 2.28. The molecule has 1 heterocycles. The summed E-state index contributed by atoms with van der Waals surface area (Å²) in [6.07, 6.45) is 2.65. The van der Waals surface area contributed by atoms with Crippen LogP contribution in [0.25, 0.3) is 0 Å². The highest BCUT2D eigenvalue weighted by Gasteiger charge is 2.26. The van der Waals surface area contributed by atoms with Gasteiger partial charge in [-0.2, -0.15) is 0 Å². The highest BCUT2D eigenvalue weighted by molar-refractivity contribution is 4.80. The van der Waals surface area contributed by atoms with Crippen LogP contribution in [0.1, 0.15) is 33.6 Å². The van der Waals surface area contributed by atoms with E-state index in [-0.39, 0.29) is 0 Å². The Kier molecular flexibility index (Phi) is 3.74. The van der Waals surface area contributed by atoms with Gasteiger partial charge in [0.1, 0.15) is 0 Å². The standard InChI is InChI=1S/C11H23NO/c1-10(8-13)7-12-6-4-5-11(2,3)9-12/h10,13H,4-9H2,1-3H3. The Labute approximate surface area is 81.9 Å². The molecule has 1 aliphatic rings. The summed E-state index contributed by atoms with van der Waals surface area (Å²) in [5.41, 5.74) is 0.480. The molecule has 78 valence electrons. The number of rotatable bonds is 3. The van der Waals surface area contributed by atoms with E-state index in [0.717, 1.165) is 6.54 Å². The van der Waals surface area contributed by atoms with Crippen molar-refractivity contribution >= 4 is 0 Å². The van der Waals surface area contributed by atoms with Gasteiger partial charge in [-0.1, -0.05) is 20.8 Å². The minimum absolute atomic E-state index is 0.316. The van der Waals surface area contributed by atoms with Crippen molar-refractivity contribution in [3.63, 3.8) is 0 Å². The molecular weight excluding hydrogens is 162 g/mol. The van der Waals surface area contributed by atoms with Gasteiger partial charge >= 0.3 is 0 Å². The SMILES string of the molecule is CC(CO)CN1CCCC(C)(C)C1. The molecule has 1 saturated heterocycles. The van der Waals surface area contributed by atoms with Crippen molar-refractivity contribution in [1.29, 1.82) is 0 Å². The molecule has 0 saturated carbocycles. The smallest absolute Gasteiger partial charge is 0.0468 e. The van der Waals surface area contributed by atoms with Crippen LogP contribution in [0.3, 0.4) is 0 Å². The molecule has 2 nitrogen and oxygen atoms in total. The molecule has 1 aliphatic heterocycles. The van der Waals surface area contributed by atoms with E-state index in [1.54, 1.807) is 0 Å². The van der Waals surface area contributed by atoms with Gasteiger partial charge < -0.3 is 10.0 Å². The van der Waals surface area contributed by atoms with E-state index in [9.17, 15) is 0 Å². The summed E-state index contributed by atoms with van der Waals surface area (Å²) in [6, 6.07) is 0. The molecule has 13 heavy (non-hydrogen) atoms. The summed E-state index contributed by atoms with van der Waals surface area (Å²) in [7, 11) is 0. The second-order valence-corrected chi connectivity index (χ2v) is 5.29. The van der Waals surface area contributed by atoms with Gasteiger partial charge in [-0.05, 0) is 30.7 Å². The van der Waals surface area contributed by atoms with Gasteiger partial charge in [-0.15, -0.1) is 0 Å². The Bertz CT molecular complexity index is 156. The highest BCUT2D eigenvalue weighted by atomic mass is 16.3. The molecule has 0 aromatic rings. The third kappa shape index (κ3) is 3.65. The average molecular weight is 185 g/mol. The van der Waals surface area contributed by atoms with Gasteiger partial charge in [0, 0.05) is 19.7 Å². The molecule has 1 unspecified atom stereocenters. The van der Waals surface area contributed by atoms with Crippen LogP contribution in [0.15, 0.2) is 0 Å². The van der Waals surface area contributed by atoms with Crippen LogP contribution < -0.4 is 0 Å². The molecule has 2 heteroatoms. The maximum atomic E-state index is 8.97. The Morgan fingerprint density at radius 2 is 2.15 bits per heavy atom. The number of piperidine rings is 1. The van der Waals surface area contributed by atoms with E-state index >= 15 is 0 Å². The first-order valence-electron chi connectivity index (χ1n) is 5.37. The largest absolute Gasteiger partial charge is 0.396 e. The second kappa shape index (κ2) is 4.43. The zero-order chi connectivity index (χ0) is 9.90. The number of hydrogen-bond acceptors (Lipinski definition) is 2. The fraction of sp³-hybridized carbons (Fsp3) is 1.00. The number of aliphatic hydroxyl groups excluding tert-OH is 1. The van der Waals surface area contributed by atoms with Gasteiger partial charge in [-0.3, -0.25) is 0 Å². The molecule has 0 spiro atoms. The summed E-state index contributed by atoms with van der Waals surface area (Å²) >= 11 is 0. The number of aliphatic hydroxyl groups is 1. The Morgan fingerprint density at radius 3 is 2.69 bits per heavy atom. The molecule has 0 radical (unpaired) electrons. The Hall–Kier alpha value is -0.0800. The maximum absolute atomic E-state index is 8.97. The molecule has 0 aromatic heterocycles. The summed E-state index contributed by atoms with van der Waals surface area (Å²) in [6.45, 7) is 10.6. The second-order valence-electron chi connectivity index (χ2n) is 5.29. The van der Waals surface area contributed by atoms with Crippen molar-refractivity contribution in [3.05, 3.63) is 0 Å².